The second-order valence-corrected chi connectivity index (χ2v) is 4.45. The smallest absolute Gasteiger partial charge is 0.188 e. The van der Waals surface area contributed by atoms with E-state index in [0.717, 1.165) is 25.9 Å². The van der Waals surface area contributed by atoms with Gasteiger partial charge in [-0.1, -0.05) is 13.3 Å². The predicted octanol–water partition coefficient (Wildman–Crippen LogP) is 1.79. The number of aliphatic imine (C=N–C) groups is 1. The van der Waals surface area contributed by atoms with Crippen LogP contribution in [0.1, 0.15) is 39.0 Å². The third-order valence-corrected chi connectivity index (χ3v) is 2.95. The highest BCUT2D eigenvalue weighted by molar-refractivity contribution is 14.0. The SMILES string of the molecule is CCCCNC(N)=NCCCN1CCCC1.I. The summed E-state index contributed by atoms with van der Waals surface area (Å²) in [6.07, 6.45) is 6.20. The summed E-state index contributed by atoms with van der Waals surface area (Å²) in [4.78, 5) is 6.82. The molecule has 1 rings (SSSR count). The molecular formula is C12H27IN4. The summed E-state index contributed by atoms with van der Waals surface area (Å²) < 4.78 is 0. The van der Waals surface area contributed by atoms with E-state index in [1.165, 1.54) is 38.9 Å². The van der Waals surface area contributed by atoms with Crippen LogP contribution in [-0.2, 0) is 0 Å². The van der Waals surface area contributed by atoms with E-state index >= 15 is 0 Å². The molecule has 4 nitrogen and oxygen atoms in total. The van der Waals surface area contributed by atoms with Crippen LogP contribution in [0.3, 0.4) is 0 Å². The number of rotatable bonds is 7. The molecule has 1 aliphatic heterocycles. The van der Waals surface area contributed by atoms with Gasteiger partial charge in [-0.3, -0.25) is 4.99 Å². The molecule has 0 aromatic rings. The Labute approximate surface area is 122 Å². The zero-order chi connectivity index (χ0) is 11.6. The van der Waals surface area contributed by atoms with Crippen molar-refractivity contribution in [1.82, 2.24) is 10.2 Å². The van der Waals surface area contributed by atoms with Gasteiger partial charge in [-0.25, -0.2) is 0 Å². The van der Waals surface area contributed by atoms with Gasteiger partial charge in [0, 0.05) is 13.1 Å². The second kappa shape index (κ2) is 11.1. The Morgan fingerprint density at radius 1 is 1.29 bits per heavy atom. The van der Waals surface area contributed by atoms with E-state index in [1.807, 2.05) is 0 Å². The van der Waals surface area contributed by atoms with Gasteiger partial charge in [0.15, 0.2) is 5.96 Å². The van der Waals surface area contributed by atoms with Crippen LogP contribution in [0.2, 0.25) is 0 Å². The average Bonchev–Trinajstić information content (AvgIpc) is 2.78. The Balaban J connectivity index is 0.00000256. The summed E-state index contributed by atoms with van der Waals surface area (Å²) in [5.74, 6) is 0.606. The maximum Gasteiger partial charge on any atom is 0.188 e. The molecule has 1 heterocycles. The normalized spacial score (nSPS) is 16.9. The highest BCUT2D eigenvalue weighted by atomic mass is 127. The summed E-state index contributed by atoms with van der Waals surface area (Å²) in [5, 5.41) is 3.13. The van der Waals surface area contributed by atoms with Crippen molar-refractivity contribution >= 4 is 29.9 Å². The molecule has 102 valence electrons. The molecule has 0 atom stereocenters. The number of nitrogens with zero attached hydrogens (tertiary/aromatic N) is 2. The van der Waals surface area contributed by atoms with Crippen LogP contribution in [0.15, 0.2) is 4.99 Å². The first-order valence-electron chi connectivity index (χ1n) is 6.59. The minimum atomic E-state index is 0. The van der Waals surface area contributed by atoms with Gasteiger partial charge in [-0.2, -0.15) is 0 Å². The summed E-state index contributed by atoms with van der Waals surface area (Å²) in [6, 6.07) is 0. The van der Waals surface area contributed by atoms with Gasteiger partial charge in [-0.15, -0.1) is 24.0 Å². The molecule has 0 aromatic carbocycles. The molecule has 1 saturated heterocycles. The van der Waals surface area contributed by atoms with Crippen LogP contribution in [0.4, 0.5) is 0 Å². The van der Waals surface area contributed by atoms with Crippen LogP contribution in [0.5, 0.6) is 0 Å². The lowest BCUT2D eigenvalue weighted by Crippen LogP contribution is -2.32. The largest absolute Gasteiger partial charge is 0.370 e. The zero-order valence-corrected chi connectivity index (χ0v) is 13.3. The van der Waals surface area contributed by atoms with E-state index in [2.05, 4.69) is 22.1 Å². The molecule has 0 bridgehead atoms. The van der Waals surface area contributed by atoms with Crippen molar-refractivity contribution in [3.05, 3.63) is 0 Å². The van der Waals surface area contributed by atoms with Crippen molar-refractivity contribution in [3.8, 4) is 0 Å². The van der Waals surface area contributed by atoms with Crippen molar-refractivity contribution in [1.29, 1.82) is 0 Å². The van der Waals surface area contributed by atoms with E-state index in [0.29, 0.717) is 5.96 Å². The minimum Gasteiger partial charge on any atom is -0.370 e. The number of hydrogen-bond acceptors (Lipinski definition) is 2. The quantitative estimate of drug-likeness (QED) is 0.317. The van der Waals surface area contributed by atoms with E-state index in [1.54, 1.807) is 0 Å². The molecule has 0 radical (unpaired) electrons. The summed E-state index contributed by atoms with van der Waals surface area (Å²) >= 11 is 0. The van der Waals surface area contributed by atoms with Crippen LogP contribution in [0, 0.1) is 0 Å². The van der Waals surface area contributed by atoms with E-state index in [9.17, 15) is 0 Å². The van der Waals surface area contributed by atoms with Gasteiger partial charge in [0.1, 0.15) is 0 Å². The Morgan fingerprint density at radius 2 is 2.00 bits per heavy atom. The van der Waals surface area contributed by atoms with Crippen LogP contribution in [-0.4, -0.2) is 43.6 Å². The van der Waals surface area contributed by atoms with Crippen molar-refractivity contribution < 1.29 is 0 Å². The molecule has 0 aromatic heterocycles. The summed E-state index contributed by atoms with van der Waals surface area (Å²) in [5.41, 5.74) is 5.73. The lowest BCUT2D eigenvalue weighted by atomic mass is 10.3. The maximum absolute atomic E-state index is 5.73. The molecule has 0 aliphatic carbocycles. The monoisotopic (exact) mass is 354 g/mol. The third kappa shape index (κ3) is 8.65. The number of likely N-dealkylation sites (tertiary alicyclic amines) is 1. The lowest BCUT2D eigenvalue weighted by Gasteiger charge is -2.13. The Morgan fingerprint density at radius 3 is 2.65 bits per heavy atom. The fraction of sp³-hybridized carbons (Fsp3) is 0.917. The van der Waals surface area contributed by atoms with Gasteiger partial charge in [-0.05, 0) is 45.3 Å². The molecule has 3 N–H and O–H groups in total. The number of hydrogen-bond donors (Lipinski definition) is 2. The van der Waals surface area contributed by atoms with Crippen LogP contribution >= 0.6 is 24.0 Å². The molecule has 1 aliphatic rings. The fourth-order valence-electron chi connectivity index (χ4n) is 1.95. The summed E-state index contributed by atoms with van der Waals surface area (Å²) in [7, 11) is 0. The highest BCUT2D eigenvalue weighted by Crippen LogP contribution is 2.07. The third-order valence-electron chi connectivity index (χ3n) is 2.95. The standard InChI is InChI=1S/C12H26N4.HI/c1-2-3-7-14-12(13)15-8-6-11-16-9-4-5-10-16;/h2-11H2,1H3,(H3,13,14,15);1H. The maximum atomic E-state index is 5.73. The van der Waals surface area contributed by atoms with E-state index in [-0.39, 0.29) is 24.0 Å². The Kier molecular flexibility index (Phi) is 11.0. The predicted molar refractivity (Wildman–Crippen MR) is 85.1 cm³/mol. The topological polar surface area (TPSA) is 53.6 Å². The van der Waals surface area contributed by atoms with Gasteiger partial charge in [0.05, 0.1) is 0 Å². The minimum absolute atomic E-state index is 0. The molecule has 0 spiro atoms. The van der Waals surface area contributed by atoms with Gasteiger partial charge in [0.2, 0.25) is 0 Å². The van der Waals surface area contributed by atoms with Crippen molar-refractivity contribution in [2.45, 2.75) is 39.0 Å². The molecule has 0 amide bonds. The second-order valence-electron chi connectivity index (χ2n) is 4.45. The number of nitrogens with two attached hydrogens (primary N) is 1. The van der Waals surface area contributed by atoms with E-state index < -0.39 is 0 Å². The average molecular weight is 354 g/mol. The number of nitrogens with one attached hydrogen (secondary N) is 1. The first-order valence-corrected chi connectivity index (χ1v) is 6.59. The molecule has 5 heteroatoms. The van der Waals surface area contributed by atoms with Gasteiger partial charge in [0.25, 0.3) is 0 Å². The van der Waals surface area contributed by atoms with Crippen molar-refractivity contribution in [3.63, 3.8) is 0 Å². The first kappa shape index (κ1) is 17.0. The molecule has 0 saturated carbocycles. The van der Waals surface area contributed by atoms with Gasteiger partial charge >= 0.3 is 0 Å². The zero-order valence-electron chi connectivity index (χ0n) is 11.0. The molecule has 1 fully saturated rings. The number of unbranched alkanes of at least 4 members (excludes halogenated alkanes) is 1. The first-order chi connectivity index (χ1) is 7.83. The number of guanidine groups is 1. The van der Waals surface area contributed by atoms with Crippen LogP contribution in [0.25, 0.3) is 0 Å². The fourth-order valence-corrected chi connectivity index (χ4v) is 1.95. The van der Waals surface area contributed by atoms with E-state index in [4.69, 9.17) is 5.73 Å². The lowest BCUT2D eigenvalue weighted by molar-refractivity contribution is 0.336. The van der Waals surface area contributed by atoms with Crippen LogP contribution < -0.4 is 11.1 Å². The van der Waals surface area contributed by atoms with Crippen molar-refractivity contribution in [2.75, 3.05) is 32.7 Å². The Bertz CT molecular complexity index is 203. The Hall–Kier alpha value is -0.0400. The number of halogens is 1. The van der Waals surface area contributed by atoms with Crippen molar-refractivity contribution in [2.24, 2.45) is 10.7 Å². The molecular weight excluding hydrogens is 327 g/mol. The molecule has 0 unspecified atom stereocenters. The van der Waals surface area contributed by atoms with Gasteiger partial charge < -0.3 is 16.0 Å². The highest BCUT2D eigenvalue weighted by Gasteiger charge is 2.09. The summed E-state index contributed by atoms with van der Waals surface area (Å²) in [6.45, 7) is 7.68. The molecule has 17 heavy (non-hydrogen) atoms.